The van der Waals surface area contributed by atoms with Crippen LogP contribution in [-0.4, -0.2) is 54.6 Å². The first-order valence-corrected chi connectivity index (χ1v) is 9.39. The van der Waals surface area contributed by atoms with Gasteiger partial charge in [-0.1, -0.05) is 11.8 Å². The lowest BCUT2D eigenvalue weighted by Crippen LogP contribution is -2.34. The van der Waals surface area contributed by atoms with Crippen LogP contribution in [-0.2, 0) is 23.9 Å². The van der Waals surface area contributed by atoms with Gasteiger partial charge in [0.05, 0.1) is 36.3 Å². The van der Waals surface area contributed by atoms with Crippen molar-refractivity contribution in [2.24, 2.45) is 0 Å². The molecule has 150 valence electrons. The monoisotopic (exact) mass is 407 g/mol. The van der Waals surface area contributed by atoms with Crippen molar-refractivity contribution in [3.05, 3.63) is 29.3 Å². The smallest absolute Gasteiger partial charge is 0.333 e. The summed E-state index contributed by atoms with van der Waals surface area (Å²) < 4.78 is 10.1. The lowest BCUT2D eigenvalue weighted by molar-refractivity contribution is -0.137. The third-order valence-electron chi connectivity index (χ3n) is 3.53. The number of esters is 1. The number of rotatable bonds is 7. The summed E-state index contributed by atoms with van der Waals surface area (Å²) in [5, 5.41) is 5.64. The molecule has 2 N–H and O–H groups in total. The molecule has 0 atom stereocenters. The summed E-state index contributed by atoms with van der Waals surface area (Å²) in [4.78, 5) is 48.6. The molecule has 0 spiro atoms. The average Bonchev–Trinajstić information content (AvgIpc) is 2.95. The normalized spacial score (nSPS) is 14.8. The van der Waals surface area contributed by atoms with Gasteiger partial charge in [0, 0.05) is 12.6 Å². The van der Waals surface area contributed by atoms with Gasteiger partial charge in [-0.15, -0.1) is 0 Å². The van der Waals surface area contributed by atoms with Crippen LogP contribution in [0.3, 0.4) is 0 Å². The summed E-state index contributed by atoms with van der Waals surface area (Å²) in [7, 11) is 1.45. The van der Waals surface area contributed by atoms with Crippen LogP contribution in [0.25, 0.3) is 0 Å². The number of carbonyl (C=O) groups excluding carboxylic acids is 4. The molecule has 28 heavy (non-hydrogen) atoms. The molecule has 0 bridgehead atoms. The minimum absolute atomic E-state index is 0.139. The molecule has 1 aromatic rings. The second kappa shape index (κ2) is 9.79. The molecule has 1 fully saturated rings. The Hall–Kier alpha value is -3.01. The van der Waals surface area contributed by atoms with Gasteiger partial charge in [0.1, 0.15) is 12.3 Å². The van der Waals surface area contributed by atoms with Gasteiger partial charge in [-0.3, -0.25) is 19.3 Å². The topological polar surface area (TPSA) is 114 Å². The minimum Gasteiger partial charge on any atom is -0.495 e. The number of ether oxygens (including phenoxy) is 2. The molecule has 1 aliphatic rings. The van der Waals surface area contributed by atoms with E-state index in [2.05, 4.69) is 10.6 Å². The van der Waals surface area contributed by atoms with Crippen LogP contribution < -0.4 is 15.4 Å². The molecule has 0 aliphatic carbocycles. The molecular weight excluding hydrogens is 386 g/mol. The van der Waals surface area contributed by atoms with Crippen LogP contribution in [0, 0.1) is 0 Å². The summed E-state index contributed by atoms with van der Waals surface area (Å²) in [6.07, 6.45) is 1.20. The van der Waals surface area contributed by atoms with E-state index < -0.39 is 11.9 Å². The van der Waals surface area contributed by atoms with Crippen molar-refractivity contribution in [1.82, 2.24) is 4.90 Å². The predicted molar refractivity (Wildman–Crippen MR) is 105 cm³/mol. The van der Waals surface area contributed by atoms with E-state index in [1.165, 1.54) is 25.0 Å². The van der Waals surface area contributed by atoms with Crippen molar-refractivity contribution in [2.45, 2.75) is 13.8 Å². The maximum absolute atomic E-state index is 12.5. The van der Waals surface area contributed by atoms with Gasteiger partial charge in [-0.25, -0.2) is 4.79 Å². The highest BCUT2D eigenvalue weighted by molar-refractivity contribution is 8.04. The Bertz CT molecular complexity index is 824. The largest absolute Gasteiger partial charge is 0.495 e. The molecule has 10 heteroatoms. The van der Waals surface area contributed by atoms with E-state index in [0.717, 1.165) is 11.8 Å². The number of methoxy groups -OCH3 is 1. The van der Waals surface area contributed by atoms with Crippen molar-refractivity contribution >= 4 is 46.8 Å². The van der Waals surface area contributed by atoms with Gasteiger partial charge in [-0.2, -0.15) is 0 Å². The standard InChI is InChI=1S/C18H21N3O6S/c1-4-27-18(25)8-17-21(16(24)10-28-17)9-15(23)20-13-7-12(19-11(2)22)5-6-14(13)26-3/h5-8H,4,9-10H2,1-3H3,(H,19,22)(H,20,23)/b17-8-. The zero-order valence-electron chi connectivity index (χ0n) is 15.7. The van der Waals surface area contributed by atoms with Gasteiger partial charge in [-0.05, 0) is 25.1 Å². The van der Waals surface area contributed by atoms with E-state index >= 15 is 0 Å². The fourth-order valence-corrected chi connectivity index (χ4v) is 3.33. The van der Waals surface area contributed by atoms with E-state index in [4.69, 9.17) is 9.47 Å². The molecular formula is C18H21N3O6S. The number of carbonyl (C=O) groups is 4. The number of nitrogens with one attached hydrogen (secondary N) is 2. The molecule has 0 unspecified atom stereocenters. The summed E-state index contributed by atoms with van der Waals surface area (Å²) in [6, 6.07) is 4.79. The Morgan fingerprint density at radius 2 is 2.04 bits per heavy atom. The fourth-order valence-electron chi connectivity index (χ4n) is 2.40. The lowest BCUT2D eigenvalue weighted by atomic mass is 10.2. The first-order valence-electron chi connectivity index (χ1n) is 8.41. The summed E-state index contributed by atoms with van der Waals surface area (Å²) in [5.41, 5.74) is 0.827. The highest BCUT2D eigenvalue weighted by Crippen LogP contribution is 2.30. The van der Waals surface area contributed by atoms with E-state index in [0.29, 0.717) is 22.2 Å². The number of amides is 3. The second-order valence-electron chi connectivity index (χ2n) is 5.65. The molecule has 2 rings (SSSR count). The molecule has 0 radical (unpaired) electrons. The number of hydrogen-bond donors (Lipinski definition) is 2. The van der Waals surface area contributed by atoms with E-state index in [9.17, 15) is 19.2 Å². The quantitative estimate of drug-likeness (QED) is 0.521. The fraction of sp³-hybridized carbons (Fsp3) is 0.333. The maximum Gasteiger partial charge on any atom is 0.333 e. The van der Waals surface area contributed by atoms with E-state index in [1.54, 1.807) is 25.1 Å². The lowest BCUT2D eigenvalue weighted by Gasteiger charge is -2.18. The van der Waals surface area contributed by atoms with Crippen LogP contribution in [0.2, 0.25) is 0 Å². The van der Waals surface area contributed by atoms with Gasteiger partial charge in [0.15, 0.2) is 0 Å². The van der Waals surface area contributed by atoms with Crippen LogP contribution >= 0.6 is 11.8 Å². The molecule has 1 saturated heterocycles. The third kappa shape index (κ3) is 5.74. The zero-order chi connectivity index (χ0) is 20.7. The summed E-state index contributed by atoms with van der Waals surface area (Å²) >= 11 is 1.16. The van der Waals surface area contributed by atoms with Crippen molar-refractivity contribution in [2.75, 3.05) is 36.6 Å². The summed E-state index contributed by atoms with van der Waals surface area (Å²) in [5.74, 6) is -1.06. The Morgan fingerprint density at radius 3 is 2.68 bits per heavy atom. The van der Waals surface area contributed by atoms with Gasteiger partial charge >= 0.3 is 5.97 Å². The number of nitrogens with zero attached hydrogens (tertiary/aromatic N) is 1. The highest BCUT2D eigenvalue weighted by Gasteiger charge is 2.29. The van der Waals surface area contributed by atoms with Crippen LogP contribution in [0.15, 0.2) is 29.3 Å². The zero-order valence-corrected chi connectivity index (χ0v) is 16.6. The van der Waals surface area contributed by atoms with Crippen LogP contribution in [0.5, 0.6) is 5.75 Å². The maximum atomic E-state index is 12.5. The van der Waals surface area contributed by atoms with Crippen molar-refractivity contribution in [3.8, 4) is 5.75 Å². The van der Waals surface area contributed by atoms with Gasteiger partial charge < -0.3 is 20.1 Å². The van der Waals surface area contributed by atoms with Crippen molar-refractivity contribution < 1.29 is 28.7 Å². The molecule has 1 aromatic carbocycles. The molecule has 3 amide bonds. The minimum atomic E-state index is -0.574. The highest BCUT2D eigenvalue weighted by atomic mass is 32.2. The molecule has 1 heterocycles. The van der Waals surface area contributed by atoms with E-state index in [-0.39, 0.29) is 30.7 Å². The second-order valence-corrected chi connectivity index (χ2v) is 6.64. The Balaban J connectivity index is 2.13. The Morgan fingerprint density at radius 1 is 1.29 bits per heavy atom. The molecule has 0 saturated carbocycles. The predicted octanol–water partition coefficient (Wildman–Crippen LogP) is 1.57. The summed E-state index contributed by atoms with van der Waals surface area (Å²) in [6.45, 7) is 2.99. The number of thioether (sulfide) groups is 1. The number of hydrogen-bond acceptors (Lipinski definition) is 7. The third-order valence-corrected chi connectivity index (χ3v) is 4.56. The average molecular weight is 407 g/mol. The van der Waals surface area contributed by atoms with Crippen LogP contribution in [0.4, 0.5) is 11.4 Å². The first-order chi connectivity index (χ1) is 13.3. The van der Waals surface area contributed by atoms with E-state index in [1.807, 2.05) is 0 Å². The molecule has 9 nitrogen and oxygen atoms in total. The van der Waals surface area contributed by atoms with Crippen molar-refractivity contribution in [1.29, 1.82) is 0 Å². The van der Waals surface area contributed by atoms with Gasteiger partial charge in [0.2, 0.25) is 17.7 Å². The van der Waals surface area contributed by atoms with Crippen LogP contribution in [0.1, 0.15) is 13.8 Å². The molecule has 0 aromatic heterocycles. The number of anilines is 2. The SMILES string of the molecule is CCOC(=O)/C=C1\SCC(=O)N1CC(=O)Nc1cc(NC(C)=O)ccc1OC. The first kappa shape index (κ1) is 21.3. The Kier molecular flexibility index (Phi) is 7.44. The number of benzene rings is 1. The van der Waals surface area contributed by atoms with Gasteiger partial charge in [0.25, 0.3) is 0 Å². The Labute approximate surface area is 166 Å². The molecule has 1 aliphatic heterocycles. The van der Waals surface area contributed by atoms with Crippen molar-refractivity contribution in [3.63, 3.8) is 0 Å².